The molecule has 0 radical (unpaired) electrons. The Bertz CT molecular complexity index is 667. The third-order valence-corrected chi connectivity index (χ3v) is 2.93. The Morgan fingerprint density at radius 3 is 2.39 bits per heavy atom. The Kier molecular flexibility index (Phi) is 3.31. The standard InChI is InChI=1S/C10H5Cl2N3O3/c11-8-5-13-14(10(16)9(8)12)6-1-3-7(4-2-6)15(17)18/h1-5H. The zero-order valence-corrected chi connectivity index (χ0v) is 10.2. The molecule has 0 saturated carbocycles. The van der Waals surface area contributed by atoms with E-state index in [2.05, 4.69) is 5.10 Å². The second-order valence-corrected chi connectivity index (χ2v) is 4.08. The van der Waals surface area contributed by atoms with Gasteiger partial charge in [-0.15, -0.1) is 0 Å². The molecule has 1 aromatic heterocycles. The monoisotopic (exact) mass is 285 g/mol. The molecule has 0 saturated heterocycles. The van der Waals surface area contributed by atoms with E-state index in [9.17, 15) is 14.9 Å². The predicted molar refractivity (Wildman–Crippen MR) is 66.5 cm³/mol. The summed E-state index contributed by atoms with van der Waals surface area (Å²) < 4.78 is 1.01. The topological polar surface area (TPSA) is 78.0 Å². The highest BCUT2D eigenvalue weighted by Gasteiger charge is 2.10. The van der Waals surface area contributed by atoms with Crippen LogP contribution in [0.1, 0.15) is 0 Å². The number of nitro benzene ring substituents is 1. The van der Waals surface area contributed by atoms with Gasteiger partial charge < -0.3 is 0 Å². The van der Waals surface area contributed by atoms with E-state index in [4.69, 9.17) is 23.2 Å². The lowest BCUT2D eigenvalue weighted by Crippen LogP contribution is -2.21. The first kappa shape index (κ1) is 12.5. The van der Waals surface area contributed by atoms with Crippen LogP contribution in [0.15, 0.2) is 35.3 Å². The first-order valence-electron chi connectivity index (χ1n) is 4.69. The Morgan fingerprint density at radius 2 is 1.83 bits per heavy atom. The molecule has 2 rings (SSSR count). The van der Waals surface area contributed by atoms with Crippen LogP contribution in [0.4, 0.5) is 5.69 Å². The third-order valence-electron chi connectivity index (χ3n) is 2.18. The van der Waals surface area contributed by atoms with Crippen molar-refractivity contribution in [2.24, 2.45) is 0 Å². The molecule has 8 heteroatoms. The van der Waals surface area contributed by atoms with Crippen molar-refractivity contribution >= 4 is 28.9 Å². The minimum Gasteiger partial charge on any atom is -0.266 e. The van der Waals surface area contributed by atoms with Crippen molar-refractivity contribution < 1.29 is 4.92 Å². The summed E-state index contributed by atoms with van der Waals surface area (Å²) in [5, 5.41) is 14.2. The summed E-state index contributed by atoms with van der Waals surface area (Å²) in [6, 6.07) is 5.34. The molecule has 0 N–H and O–H groups in total. The van der Waals surface area contributed by atoms with Gasteiger partial charge in [-0.2, -0.15) is 9.78 Å². The number of nitrogens with zero attached hydrogens (tertiary/aromatic N) is 3. The number of rotatable bonds is 2. The van der Waals surface area contributed by atoms with Gasteiger partial charge in [0.15, 0.2) is 0 Å². The zero-order valence-electron chi connectivity index (χ0n) is 8.71. The van der Waals surface area contributed by atoms with Crippen LogP contribution < -0.4 is 5.56 Å². The normalized spacial score (nSPS) is 10.3. The molecule has 0 aliphatic carbocycles. The summed E-state index contributed by atoms with van der Waals surface area (Å²) in [6.07, 6.45) is 1.23. The molecular weight excluding hydrogens is 281 g/mol. The van der Waals surface area contributed by atoms with Crippen molar-refractivity contribution in [3.8, 4) is 5.69 Å². The third kappa shape index (κ3) is 2.20. The summed E-state index contributed by atoms with van der Waals surface area (Å²) in [6.45, 7) is 0. The van der Waals surface area contributed by atoms with Gasteiger partial charge in [0.05, 0.1) is 21.8 Å². The zero-order chi connectivity index (χ0) is 13.3. The summed E-state index contributed by atoms with van der Waals surface area (Å²) in [4.78, 5) is 21.7. The molecule has 18 heavy (non-hydrogen) atoms. The van der Waals surface area contributed by atoms with Gasteiger partial charge in [-0.25, -0.2) is 0 Å². The fraction of sp³-hybridized carbons (Fsp3) is 0. The molecule has 1 heterocycles. The number of non-ortho nitro benzene ring substituents is 1. The summed E-state index contributed by atoms with van der Waals surface area (Å²) >= 11 is 11.3. The molecule has 0 fully saturated rings. The molecule has 0 unspecified atom stereocenters. The molecule has 92 valence electrons. The van der Waals surface area contributed by atoms with Crippen molar-refractivity contribution in [1.82, 2.24) is 9.78 Å². The largest absolute Gasteiger partial charge is 0.291 e. The SMILES string of the molecule is O=c1c(Cl)c(Cl)cnn1-c1ccc([N+](=O)[O-])cc1. The fourth-order valence-electron chi connectivity index (χ4n) is 1.31. The van der Waals surface area contributed by atoms with Crippen LogP contribution in [0.3, 0.4) is 0 Å². The van der Waals surface area contributed by atoms with E-state index in [0.717, 1.165) is 4.68 Å². The highest BCUT2D eigenvalue weighted by Crippen LogP contribution is 2.17. The second-order valence-electron chi connectivity index (χ2n) is 3.30. The van der Waals surface area contributed by atoms with Gasteiger partial charge in [-0.05, 0) is 12.1 Å². The Labute approximate surface area is 111 Å². The van der Waals surface area contributed by atoms with Gasteiger partial charge >= 0.3 is 0 Å². The van der Waals surface area contributed by atoms with Crippen LogP contribution in [0.25, 0.3) is 5.69 Å². The van der Waals surface area contributed by atoms with Gasteiger partial charge in [0, 0.05) is 12.1 Å². The first-order chi connectivity index (χ1) is 8.50. The lowest BCUT2D eigenvalue weighted by molar-refractivity contribution is -0.384. The van der Waals surface area contributed by atoms with E-state index in [1.54, 1.807) is 0 Å². The van der Waals surface area contributed by atoms with E-state index < -0.39 is 10.5 Å². The van der Waals surface area contributed by atoms with Crippen molar-refractivity contribution in [2.45, 2.75) is 0 Å². The molecule has 6 nitrogen and oxygen atoms in total. The van der Waals surface area contributed by atoms with E-state index in [1.165, 1.54) is 30.5 Å². The van der Waals surface area contributed by atoms with Crippen LogP contribution in [-0.4, -0.2) is 14.7 Å². The maximum Gasteiger partial charge on any atom is 0.291 e. The highest BCUT2D eigenvalue weighted by atomic mass is 35.5. The average Bonchev–Trinajstić information content (AvgIpc) is 2.36. The fourth-order valence-corrected chi connectivity index (χ4v) is 1.57. The van der Waals surface area contributed by atoms with Crippen molar-refractivity contribution in [3.63, 3.8) is 0 Å². The molecule has 0 bridgehead atoms. The van der Waals surface area contributed by atoms with Gasteiger partial charge in [-0.1, -0.05) is 23.2 Å². The summed E-state index contributed by atoms with van der Waals surface area (Å²) in [5.74, 6) is 0. The minimum absolute atomic E-state index is 0.0554. The summed E-state index contributed by atoms with van der Waals surface area (Å²) in [5.41, 5.74) is -0.297. The molecule has 2 aromatic rings. The lowest BCUT2D eigenvalue weighted by Gasteiger charge is -2.04. The van der Waals surface area contributed by atoms with Gasteiger partial charge in [0.25, 0.3) is 11.2 Å². The van der Waals surface area contributed by atoms with Crippen LogP contribution in [0.2, 0.25) is 10.0 Å². The van der Waals surface area contributed by atoms with E-state index in [0.29, 0.717) is 5.69 Å². The number of hydrogen-bond acceptors (Lipinski definition) is 4. The van der Waals surface area contributed by atoms with Crippen LogP contribution in [-0.2, 0) is 0 Å². The molecular formula is C10H5Cl2N3O3. The predicted octanol–water partition coefficient (Wildman–Crippen LogP) is 2.45. The number of hydrogen-bond donors (Lipinski definition) is 0. The first-order valence-corrected chi connectivity index (χ1v) is 5.44. The smallest absolute Gasteiger partial charge is 0.266 e. The maximum absolute atomic E-state index is 11.8. The number of benzene rings is 1. The lowest BCUT2D eigenvalue weighted by atomic mass is 10.3. The molecule has 0 aliphatic rings. The number of aromatic nitrogens is 2. The average molecular weight is 286 g/mol. The Balaban J connectivity index is 2.53. The molecule has 0 aliphatic heterocycles. The van der Waals surface area contributed by atoms with Crippen molar-refractivity contribution in [3.05, 3.63) is 61.0 Å². The highest BCUT2D eigenvalue weighted by molar-refractivity contribution is 6.41. The molecule has 0 atom stereocenters. The maximum atomic E-state index is 11.8. The van der Waals surface area contributed by atoms with E-state index in [1.807, 2.05) is 0 Å². The van der Waals surface area contributed by atoms with Crippen molar-refractivity contribution in [1.29, 1.82) is 0 Å². The minimum atomic E-state index is -0.585. The van der Waals surface area contributed by atoms with Crippen LogP contribution in [0.5, 0.6) is 0 Å². The molecule has 0 amide bonds. The van der Waals surface area contributed by atoms with Crippen molar-refractivity contribution in [2.75, 3.05) is 0 Å². The second kappa shape index (κ2) is 4.75. The van der Waals surface area contributed by atoms with Crippen LogP contribution in [0, 0.1) is 10.1 Å². The van der Waals surface area contributed by atoms with Gasteiger partial charge in [0.1, 0.15) is 5.02 Å². The number of halogens is 2. The Morgan fingerprint density at radius 1 is 1.22 bits per heavy atom. The number of nitro groups is 1. The quantitative estimate of drug-likeness (QED) is 0.627. The van der Waals surface area contributed by atoms with Crippen LogP contribution >= 0.6 is 23.2 Å². The molecule has 1 aromatic carbocycles. The van der Waals surface area contributed by atoms with E-state index >= 15 is 0 Å². The van der Waals surface area contributed by atoms with E-state index in [-0.39, 0.29) is 15.7 Å². The van der Waals surface area contributed by atoms with Gasteiger partial charge in [0.2, 0.25) is 0 Å². The van der Waals surface area contributed by atoms with Gasteiger partial charge in [-0.3, -0.25) is 14.9 Å². The summed E-state index contributed by atoms with van der Waals surface area (Å²) in [7, 11) is 0. The molecule has 0 spiro atoms. The Hall–Kier alpha value is -1.92.